The van der Waals surface area contributed by atoms with Crippen molar-refractivity contribution in [1.82, 2.24) is 0 Å². The van der Waals surface area contributed by atoms with Crippen molar-refractivity contribution in [1.29, 1.82) is 0 Å². The first-order valence-corrected chi connectivity index (χ1v) is 5.38. The first-order chi connectivity index (χ1) is 7.60. The van der Waals surface area contributed by atoms with E-state index in [1.807, 2.05) is 26.0 Å². The minimum absolute atomic E-state index is 0.0627. The zero-order valence-electron chi connectivity index (χ0n) is 9.93. The molecule has 0 aliphatic carbocycles. The molecule has 0 fully saturated rings. The number of carbonyl (C=O) groups excluding carboxylic acids is 1. The van der Waals surface area contributed by atoms with E-state index < -0.39 is 5.92 Å². The lowest BCUT2D eigenvalue weighted by molar-refractivity contribution is -0.124. The fourth-order valence-corrected chi connectivity index (χ4v) is 1.60. The maximum atomic E-state index is 11.8. The van der Waals surface area contributed by atoms with Crippen LogP contribution in [-0.4, -0.2) is 24.6 Å². The Bertz CT molecular complexity index is 341. The number of ether oxygens (including phenoxy) is 1. The molecule has 0 unspecified atom stereocenters. The van der Waals surface area contributed by atoms with E-state index in [0.29, 0.717) is 0 Å². The number of aliphatic hydroxyl groups is 1. The molecular formula is C13H18O3. The first kappa shape index (κ1) is 12.7. The molecule has 3 nitrogen and oxygen atoms in total. The Kier molecular flexibility index (Phi) is 4.50. The fraction of sp³-hybridized carbons (Fsp3) is 0.462. The molecule has 1 aromatic carbocycles. The Morgan fingerprint density at radius 3 is 2.25 bits per heavy atom. The van der Waals surface area contributed by atoms with Crippen LogP contribution in [-0.2, 0) is 4.79 Å². The van der Waals surface area contributed by atoms with Gasteiger partial charge in [0.25, 0.3) is 0 Å². The van der Waals surface area contributed by atoms with E-state index in [-0.39, 0.29) is 18.3 Å². The highest BCUT2D eigenvalue weighted by Gasteiger charge is 2.21. The zero-order valence-corrected chi connectivity index (χ0v) is 9.93. The molecule has 1 atom stereocenters. The van der Waals surface area contributed by atoms with Crippen LogP contribution in [0.3, 0.4) is 0 Å². The fourth-order valence-electron chi connectivity index (χ4n) is 1.60. The van der Waals surface area contributed by atoms with E-state index in [1.54, 1.807) is 19.2 Å². The van der Waals surface area contributed by atoms with Crippen molar-refractivity contribution in [3.63, 3.8) is 0 Å². The maximum Gasteiger partial charge on any atom is 0.145 e. The summed E-state index contributed by atoms with van der Waals surface area (Å²) in [6.07, 6.45) is 0. The van der Waals surface area contributed by atoms with Crippen LogP contribution in [0.4, 0.5) is 0 Å². The van der Waals surface area contributed by atoms with E-state index in [2.05, 4.69) is 0 Å². The van der Waals surface area contributed by atoms with Gasteiger partial charge in [-0.3, -0.25) is 4.79 Å². The van der Waals surface area contributed by atoms with Gasteiger partial charge in [-0.1, -0.05) is 26.0 Å². The Balaban J connectivity index is 2.91. The second-order valence-electron chi connectivity index (χ2n) is 4.07. The van der Waals surface area contributed by atoms with Crippen LogP contribution >= 0.6 is 0 Å². The molecule has 0 amide bonds. The van der Waals surface area contributed by atoms with E-state index in [0.717, 1.165) is 11.3 Å². The van der Waals surface area contributed by atoms with E-state index in [9.17, 15) is 9.90 Å². The molecule has 0 spiro atoms. The lowest BCUT2D eigenvalue weighted by atomic mass is 9.89. The number of methoxy groups -OCH3 is 1. The molecule has 0 aliphatic rings. The molecule has 1 N–H and O–H groups in total. The maximum absolute atomic E-state index is 11.8. The number of benzene rings is 1. The molecule has 0 aliphatic heterocycles. The highest BCUT2D eigenvalue weighted by Crippen LogP contribution is 2.22. The van der Waals surface area contributed by atoms with Crippen LogP contribution in [0, 0.1) is 5.92 Å². The lowest BCUT2D eigenvalue weighted by Crippen LogP contribution is -2.21. The van der Waals surface area contributed by atoms with Gasteiger partial charge in [-0.15, -0.1) is 0 Å². The summed E-state index contributed by atoms with van der Waals surface area (Å²) in [5.74, 6) is 0.315. The normalized spacial score (nSPS) is 12.6. The second kappa shape index (κ2) is 5.66. The smallest absolute Gasteiger partial charge is 0.145 e. The monoisotopic (exact) mass is 222 g/mol. The number of carbonyl (C=O) groups is 1. The van der Waals surface area contributed by atoms with Crippen LogP contribution in [0.5, 0.6) is 5.75 Å². The lowest BCUT2D eigenvalue weighted by Gasteiger charge is -2.16. The molecule has 1 aromatic rings. The first-order valence-electron chi connectivity index (χ1n) is 5.38. The van der Waals surface area contributed by atoms with Gasteiger partial charge >= 0.3 is 0 Å². The average Bonchev–Trinajstić information content (AvgIpc) is 2.30. The van der Waals surface area contributed by atoms with Gasteiger partial charge in [0, 0.05) is 5.92 Å². The summed E-state index contributed by atoms with van der Waals surface area (Å²) in [7, 11) is 1.60. The molecule has 88 valence electrons. The SMILES string of the molecule is COc1ccc([C@H](CO)C(=O)C(C)C)cc1. The number of hydrogen-bond acceptors (Lipinski definition) is 3. The number of hydrogen-bond donors (Lipinski definition) is 1. The molecule has 3 heteroatoms. The number of Topliss-reactive ketones (excluding diaryl/α,β-unsaturated/α-hetero) is 1. The predicted octanol–water partition coefficient (Wildman–Crippen LogP) is 2.00. The summed E-state index contributed by atoms with van der Waals surface area (Å²) < 4.78 is 5.04. The Labute approximate surface area is 96.1 Å². The van der Waals surface area contributed by atoms with Gasteiger partial charge in [0.2, 0.25) is 0 Å². The van der Waals surface area contributed by atoms with Gasteiger partial charge in [0.1, 0.15) is 11.5 Å². The van der Waals surface area contributed by atoms with Crippen molar-refractivity contribution in [2.75, 3.05) is 13.7 Å². The van der Waals surface area contributed by atoms with Crippen molar-refractivity contribution >= 4 is 5.78 Å². The van der Waals surface area contributed by atoms with Gasteiger partial charge in [0.15, 0.2) is 0 Å². The molecule has 0 saturated heterocycles. The summed E-state index contributed by atoms with van der Waals surface area (Å²) in [4.78, 5) is 11.8. The Hall–Kier alpha value is -1.35. The topological polar surface area (TPSA) is 46.5 Å². The summed E-state index contributed by atoms with van der Waals surface area (Å²) in [6, 6.07) is 7.23. The van der Waals surface area contributed by atoms with Crippen LogP contribution in [0.1, 0.15) is 25.3 Å². The van der Waals surface area contributed by atoms with E-state index in [4.69, 9.17) is 4.74 Å². The van der Waals surface area contributed by atoms with Crippen molar-refractivity contribution < 1.29 is 14.6 Å². The van der Waals surface area contributed by atoms with E-state index in [1.165, 1.54) is 0 Å². The molecule has 1 rings (SSSR count). The quantitative estimate of drug-likeness (QED) is 0.828. The molecule has 0 saturated carbocycles. The molecule has 0 bridgehead atoms. The van der Waals surface area contributed by atoms with Crippen LogP contribution in [0.15, 0.2) is 24.3 Å². The van der Waals surface area contributed by atoms with Crippen molar-refractivity contribution in [2.45, 2.75) is 19.8 Å². The third-order valence-corrected chi connectivity index (χ3v) is 2.61. The van der Waals surface area contributed by atoms with Gasteiger partial charge in [0.05, 0.1) is 19.6 Å². The Morgan fingerprint density at radius 2 is 1.88 bits per heavy atom. The molecular weight excluding hydrogens is 204 g/mol. The standard InChI is InChI=1S/C13H18O3/c1-9(2)13(15)12(8-14)10-4-6-11(16-3)7-5-10/h4-7,9,12,14H,8H2,1-3H3/t12-/m0/s1. The van der Waals surface area contributed by atoms with E-state index >= 15 is 0 Å². The highest BCUT2D eigenvalue weighted by molar-refractivity contribution is 5.87. The highest BCUT2D eigenvalue weighted by atomic mass is 16.5. The minimum Gasteiger partial charge on any atom is -0.497 e. The third-order valence-electron chi connectivity index (χ3n) is 2.61. The molecule has 0 radical (unpaired) electrons. The summed E-state index contributed by atoms with van der Waals surface area (Å²) in [6.45, 7) is 3.53. The van der Waals surface area contributed by atoms with Crippen molar-refractivity contribution in [2.24, 2.45) is 5.92 Å². The zero-order chi connectivity index (χ0) is 12.1. The van der Waals surface area contributed by atoms with Crippen LogP contribution in [0.25, 0.3) is 0 Å². The third kappa shape index (κ3) is 2.83. The van der Waals surface area contributed by atoms with Gasteiger partial charge in [-0.05, 0) is 17.7 Å². The average molecular weight is 222 g/mol. The number of ketones is 1. The van der Waals surface area contributed by atoms with Crippen molar-refractivity contribution in [3.8, 4) is 5.75 Å². The summed E-state index contributed by atoms with van der Waals surface area (Å²) in [5, 5.41) is 9.27. The predicted molar refractivity (Wildman–Crippen MR) is 62.7 cm³/mol. The Morgan fingerprint density at radius 1 is 1.31 bits per heavy atom. The van der Waals surface area contributed by atoms with Gasteiger partial charge < -0.3 is 9.84 Å². The molecule has 16 heavy (non-hydrogen) atoms. The van der Waals surface area contributed by atoms with Crippen LogP contribution < -0.4 is 4.74 Å². The number of rotatable bonds is 5. The summed E-state index contributed by atoms with van der Waals surface area (Å²) in [5.41, 5.74) is 0.835. The van der Waals surface area contributed by atoms with Gasteiger partial charge in [-0.25, -0.2) is 0 Å². The summed E-state index contributed by atoms with van der Waals surface area (Å²) >= 11 is 0. The number of aliphatic hydroxyl groups excluding tert-OH is 1. The second-order valence-corrected chi connectivity index (χ2v) is 4.07. The minimum atomic E-state index is -0.425. The van der Waals surface area contributed by atoms with Crippen molar-refractivity contribution in [3.05, 3.63) is 29.8 Å². The molecule has 0 heterocycles. The largest absolute Gasteiger partial charge is 0.497 e. The van der Waals surface area contributed by atoms with Crippen LogP contribution in [0.2, 0.25) is 0 Å². The van der Waals surface area contributed by atoms with Gasteiger partial charge in [-0.2, -0.15) is 0 Å². The molecule has 0 aromatic heterocycles.